The van der Waals surface area contributed by atoms with Crippen molar-refractivity contribution < 1.29 is 14.3 Å². The van der Waals surface area contributed by atoms with Crippen LogP contribution in [-0.4, -0.2) is 80.4 Å². The second kappa shape index (κ2) is 14.3. The van der Waals surface area contributed by atoms with E-state index in [4.69, 9.17) is 14.5 Å². The molecule has 1 heterocycles. The largest absolute Gasteiger partial charge is 0.444 e. The molecule has 0 radical (unpaired) electrons. The van der Waals surface area contributed by atoms with Crippen LogP contribution in [0.4, 0.5) is 4.79 Å². The zero-order valence-electron chi connectivity index (χ0n) is 18.6. The zero-order valence-corrected chi connectivity index (χ0v) is 21.0. The van der Waals surface area contributed by atoms with Gasteiger partial charge in [-0.05, 0) is 59.8 Å². The number of likely N-dealkylation sites (N-methyl/N-ethyl adjacent to an activating group) is 1. The zero-order chi connectivity index (χ0) is 20.3. The van der Waals surface area contributed by atoms with Crippen LogP contribution in [0.2, 0.25) is 0 Å². The molecule has 28 heavy (non-hydrogen) atoms. The predicted octanol–water partition coefficient (Wildman–Crippen LogP) is 3.58. The minimum absolute atomic E-state index is 0. The van der Waals surface area contributed by atoms with Gasteiger partial charge in [0.15, 0.2) is 5.96 Å². The quantitative estimate of drug-likeness (QED) is 0.306. The Kier molecular flexibility index (Phi) is 13.9. The number of halogens is 1. The molecule has 0 spiro atoms. The summed E-state index contributed by atoms with van der Waals surface area (Å²) in [6, 6.07) is 0. The number of ether oxygens (including phenoxy) is 2. The molecular weight excluding hydrogens is 471 g/mol. The molecule has 1 aliphatic heterocycles. The molecule has 0 aromatic rings. The first-order valence-electron chi connectivity index (χ1n) is 10.3. The number of nitrogens with one attached hydrogen (secondary N) is 1. The van der Waals surface area contributed by atoms with Crippen LogP contribution in [0.3, 0.4) is 0 Å². The van der Waals surface area contributed by atoms with Crippen molar-refractivity contribution in [2.24, 2.45) is 10.9 Å². The van der Waals surface area contributed by atoms with Crippen molar-refractivity contribution in [1.29, 1.82) is 0 Å². The highest BCUT2D eigenvalue weighted by Gasteiger charge is 2.21. The van der Waals surface area contributed by atoms with Crippen LogP contribution in [0.15, 0.2) is 4.99 Å². The van der Waals surface area contributed by atoms with Crippen molar-refractivity contribution in [3.63, 3.8) is 0 Å². The highest BCUT2D eigenvalue weighted by Crippen LogP contribution is 2.18. The smallest absolute Gasteiger partial charge is 0.410 e. The lowest BCUT2D eigenvalue weighted by Gasteiger charge is -2.28. The molecule has 8 heteroatoms. The number of nitrogens with zero attached hydrogens (tertiary/aromatic N) is 3. The van der Waals surface area contributed by atoms with E-state index in [1.54, 1.807) is 4.90 Å². The van der Waals surface area contributed by atoms with Gasteiger partial charge in [0.25, 0.3) is 0 Å². The second-order valence-electron chi connectivity index (χ2n) is 8.06. The van der Waals surface area contributed by atoms with E-state index in [9.17, 15) is 4.79 Å². The minimum atomic E-state index is -0.479. The Balaban J connectivity index is 0.00000729. The number of carbonyl (C=O) groups excluding carboxylic acids is 1. The van der Waals surface area contributed by atoms with Crippen LogP contribution in [-0.2, 0) is 9.47 Å². The molecule has 0 atom stereocenters. The van der Waals surface area contributed by atoms with E-state index in [2.05, 4.69) is 24.2 Å². The molecule has 1 N–H and O–H groups in total. The molecule has 1 aliphatic rings. The van der Waals surface area contributed by atoms with Gasteiger partial charge in [0.2, 0.25) is 0 Å². The number of aliphatic imine (C=N–C) groups is 1. The van der Waals surface area contributed by atoms with Crippen LogP contribution in [0.25, 0.3) is 0 Å². The van der Waals surface area contributed by atoms with Crippen molar-refractivity contribution in [3.8, 4) is 0 Å². The number of hydrogen-bond acceptors (Lipinski definition) is 4. The summed E-state index contributed by atoms with van der Waals surface area (Å²) >= 11 is 0. The first-order valence-corrected chi connectivity index (χ1v) is 10.3. The highest BCUT2D eigenvalue weighted by atomic mass is 127. The maximum atomic E-state index is 12.2. The highest BCUT2D eigenvalue weighted by molar-refractivity contribution is 14.0. The van der Waals surface area contributed by atoms with Gasteiger partial charge < -0.3 is 24.6 Å². The predicted molar refractivity (Wildman–Crippen MR) is 126 cm³/mol. The molecule has 0 unspecified atom stereocenters. The van der Waals surface area contributed by atoms with E-state index < -0.39 is 5.60 Å². The molecule has 1 saturated heterocycles. The Bertz CT molecular complexity index is 463. The fraction of sp³-hybridized carbons (Fsp3) is 0.900. The van der Waals surface area contributed by atoms with Crippen LogP contribution in [0.1, 0.15) is 53.9 Å². The molecule has 0 aromatic carbocycles. The molecule has 7 nitrogen and oxygen atoms in total. The monoisotopic (exact) mass is 512 g/mol. The fourth-order valence-electron chi connectivity index (χ4n) is 2.97. The lowest BCUT2D eigenvalue weighted by molar-refractivity contribution is 0.0266. The Labute approximate surface area is 188 Å². The average molecular weight is 512 g/mol. The molecule has 0 saturated carbocycles. The van der Waals surface area contributed by atoms with Crippen LogP contribution in [0.5, 0.6) is 0 Å². The first-order chi connectivity index (χ1) is 12.8. The summed E-state index contributed by atoms with van der Waals surface area (Å²) in [7, 11) is 2.08. The van der Waals surface area contributed by atoms with E-state index in [1.165, 1.54) is 0 Å². The van der Waals surface area contributed by atoms with E-state index in [1.807, 2.05) is 27.7 Å². The fourth-order valence-corrected chi connectivity index (χ4v) is 2.97. The summed E-state index contributed by atoms with van der Waals surface area (Å²) in [6.45, 7) is 15.0. The minimum Gasteiger partial charge on any atom is -0.444 e. The third kappa shape index (κ3) is 11.3. The molecule has 1 rings (SSSR count). The van der Waals surface area contributed by atoms with E-state index >= 15 is 0 Å². The van der Waals surface area contributed by atoms with Gasteiger partial charge in [-0.2, -0.15) is 0 Å². The van der Waals surface area contributed by atoms with E-state index in [0.717, 1.165) is 57.4 Å². The van der Waals surface area contributed by atoms with Crippen molar-refractivity contribution in [2.75, 3.05) is 53.0 Å². The van der Waals surface area contributed by atoms with Gasteiger partial charge in [-0.25, -0.2) is 4.79 Å². The molecule has 1 fully saturated rings. The van der Waals surface area contributed by atoms with Crippen LogP contribution >= 0.6 is 24.0 Å². The lowest BCUT2D eigenvalue weighted by Crippen LogP contribution is -2.41. The number of guanidine groups is 1. The Hall–Kier alpha value is -0.770. The first kappa shape index (κ1) is 27.2. The van der Waals surface area contributed by atoms with Gasteiger partial charge in [-0.3, -0.25) is 4.99 Å². The topological polar surface area (TPSA) is 66.4 Å². The van der Waals surface area contributed by atoms with E-state index in [0.29, 0.717) is 19.6 Å². The third-order valence-corrected chi connectivity index (χ3v) is 4.57. The second-order valence-corrected chi connectivity index (χ2v) is 8.06. The van der Waals surface area contributed by atoms with Crippen molar-refractivity contribution in [2.45, 2.75) is 59.5 Å². The maximum Gasteiger partial charge on any atom is 0.410 e. The molecule has 0 bridgehead atoms. The van der Waals surface area contributed by atoms with Gasteiger partial charge in [0.05, 0.1) is 6.54 Å². The molecule has 0 aromatic heterocycles. The Morgan fingerprint density at radius 1 is 1.21 bits per heavy atom. The number of rotatable bonds is 8. The van der Waals surface area contributed by atoms with Crippen molar-refractivity contribution >= 4 is 36.0 Å². The number of hydrogen-bond donors (Lipinski definition) is 1. The Morgan fingerprint density at radius 3 is 2.39 bits per heavy atom. The van der Waals surface area contributed by atoms with Gasteiger partial charge in [0.1, 0.15) is 5.60 Å². The maximum absolute atomic E-state index is 12.2. The van der Waals surface area contributed by atoms with Gasteiger partial charge in [-0.1, -0.05) is 0 Å². The van der Waals surface area contributed by atoms with Gasteiger partial charge in [0, 0.05) is 46.4 Å². The normalized spacial score (nSPS) is 15.6. The van der Waals surface area contributed by atoms with Gasteiger partial charge in [-0.15, -0.1) is 24.0 Å². The number of carbonyl (C=O) groups is 1. The summed E-state index contributed by atoms with van der Waals surface area (Å²) in [5.41, 5.74) is -0.479. The molecule has 1 amide bonds. The summed E-state index contributed by atoms with van der Waals surface area (Å²) in [4.78, 5) is 20.8. The standard InChI is InChI=1S/C20H40N4O3.HI/c1-7-21-18(23(6)13-9-17-10-15-26-16-11-17)22-12-14-24(8-2)19(25)27-20(3,4)5;/h17H,7-16H2,1-6H3,(H,21,22);1H. The molecular formula is C20H41IN4O3. The van der Waals surface area contributed by atoms with Gasteiger partial charge >= 0.3 is 6.09 Å². The lowest BCUT2D eigenvalue weighted by atomic mass is 9.96. The van der Waals surface area contributed by atoms with Crippen molar-refractivity contribution in [1.82, 2.24) is 15.1 Å². The van der Waals surface area contributed by atoms with Crippen LogP contribution < -0.4 is 5.32 Å². The van der Waals surface area contributed by atoms with Crippen molar-refractivity contribution in [3.05, 3.63) is 0 Å². The average Bonchev–Trinajstić information content (AvgIpc) is 2.61. The van der Waals surface area contributed by atoms with Crippen LogP contribution in [0, 0.1) is 5.92 Å². The summed E-state index contributed by atoms with van der Waals surface area (Å²) in [5, 5.41) is 3.35. The molecule has 166 valence electrons. The summed E-state index contributed by atoms with van der Waals surface area (Å²) in [6.07, 6.45) is 3.19. The molecule has 0 aliphatic carbocycles. The van der Waals surface area contributed by atoms with E-state index in [-0.39, 0.29) is 30.1 Å². The SMILES string of the molecule is CCNC(=NCCN(CC)C(=O)OC(C)(C)C)N(C)CCC1CCOCC1.I. The Morgan fingerprint density at radius 2 is 1.86 bits per heavy atom. The summed E-state index contributed by atoms with van der Waals surface area (Å²) < 4.78 is 10.9. The number of amides is 1. The summed E-state index contributed by atoms with van der Waals surface area (Å²) in [5.74, 6) is 1.64. The third-order valence-electron chi connectivity index (χ3n) is 4.57.